The van der Waals surface area contributed by atoms with Crippen LogP contribution in [0.3, 0.4) is 0 Å². The van der Waals surface area contributed by atoms with Crippen molar-refractivity contribution in [3.8, 4) is 5.75 Å². The van der Waals surface area contributed by atoms with Crippen molar-refractivity contribution in [2.45, 2.75) is 25.4 Å². The predicted octanol–water partition coefficient (Wildman–Crippen LogP) is 5.87. The minimum absolute atomic E-state index is 0.401. The normalized spacial score (nSPS) is 13.8. The van der Waals surface area contributed by atoms with Crippen molar-refractivity contribution in [3.05, 3.63) is 132 Å². The van der Waals surface area contributed by atoms with Gasteiger partial charge in [0.15, 0.2) is 0 Å². The van der Waals surface area contributed by atoms with Gasteiger partial charge >= 0.3 is 0 Å². The van der Waals surface area contributed by atoms with Crippen LogP contribution in [0.5, 0.6) is 5.75 Å². The molecule has 0 amide bonds. The Balaban J connectivity index is 1.74. The highest BCUT2D eigenvalue weighted by Crippen LogP contribution is 2.46. The molecular formula is C31H34N2O2. The monoisotopic (exact) mass is 466 g/mol. The quantitative estimate of drug-likeness (QED) is 0.300. The zero-order valence-electron chi connectivity index (χ0n) is 20.5. The van der Waals surface area contributed by atoms with Crippen LogP contribution in [0.15, 0.2) is 109 Å². The fourth-order valence-electron chi connectivity index (χ4n) is 4.65. The van der Waals surface area contributed by atoms with Crippen molar-refractivity contribution in [1.82, 2.24) is 9.88 Å². The number of aromatic nitrogens is 1. The molecular weight excluding hydrogens is 432 g/mol. The number of benzene rings is 3. The predicted molar refractivity (Wildman–Crippen MR) is 142 cm³/mol. The van der Waals surface area contributed by atoms with Crippen LogP contribution in [0.4, 0.5) is 0 Å². The Hall–Kier alpha value is -3.47. The van der Waals surface area contributed by atoms with Crippen LogP contribution in [0.25, 0.3) is 0 Å². The van der Waals surface area contributed by atoms with Gasteiger partial charge in [0.05, 0.1) is 11.6 Å². The second-order valence-electron chi connectivity index (χ2n) is 8.63. The Bertz CT molecular complexity index is 1110. The average molecular weight is 467 g/mol. The number of aliphatic hydroxyl groups is 1. The molecule has 0 radical (unpaired) electrons. The summed E-state index contributed by atoms with van der Waals surface area (Å²) in [5.41, 5.74) is 2.08. The van der Waals surface area contributed by atoms with Crippen molar-refractivity contribution in [3.63, 3.8) is 0 Å². The Morgan fingerprint density at radius 2 is 1.37 bits per heavy atom. The number of likely N-dealkylation sites (N-methyl/N-ethyl adjacent to an activating group) is 1. The van der Waals surface area contributed by atoms with E-state index >= 15 is 0 Å². The number of rotatable bonds is 11. The van der Waals surface area contributed by atoms with Gasteiger partial charge in [0.2, 0.25) is 0 Å². The minimum Gasteiger partial charge on any atom is -0.492 e. The maximum atomic E-state index is 12.6. The first kappa shape index (κ1) is 24.6. The van der Waals surface area contributed by atoms with Crippen LogP contribution in [-0.4, -0.2) is 41.2 Å². The molecule has 0 saturated heterocycles. The van der Waals surface area contributed by atoms with E-state index in [0.717, 1.165) is 47.8 Å². The van der Waals surface area contributed by atoms with Gasteiger partial charge in [-0.3, -0.25) is 4.98 Å². The summed E-state index contributed by atoms with van der Waals surface area (Å²) in [4.78, 5) is 7.01. The van der Waals surface area contributed by atoms with Gasteiger partial charge in [0.25, 0.3) is 0 Å². The Morgan fingerprint density at radius 3 is 1.97 bits per heavy atom. The highest BCUT2D eigenvalue weighted by molar-refractivity contribution is 5.47. The average Bonchev–Trinajstić information content (AvgIpc) is 2.93. The first-order valence-electron chi connectivity index (χ1n) is 12.4. The van der Waals surface area contributed by atoms with Gasteiger partial charge in [0, 0.05) is 12.7 Å². The van der Waals surface area contributed by atoms with Crippen molar-refractivity contribution in [2.75, 3.05) is 26.2 Å². The van der Waals surface area contributed by atoms with E-state index in [1.54, 1.807) is 6.20 Å². The number of ether oxygens (including phenoxy) is 1. The molecule has 0 bridgehead atoms. The molecule has 4 nitrogen and oxygen atoms in total. The van der Waals surface area contributed by atoms with Crippen molar-refractivity contribution in [2.24, 2.45) is 0 Å². The minimum atomic E-state index is -1.34. The van der Waals surface area contributed by atoms with Crippen LogP contribution in [0.1, 0.15) is 42.1 Å². The molecule has 2 atom stereocenters. The van der Waals surface area contributed by atoms with Gasteiger partial charge in [0.1, 0.15) is 18.0 Å². The molecule has 3 aromatic carbocycles. The van der Waals surface area contributed by atoms with Crippen molar-refractivity contribution in [1.29, 1.82) is 0 Å². The molecule has 1 aromatic heterocycles. The van der Waals surface area contributed by atoms with Crippen LogP contribution in [-0.2, 0) is 5.60 Å². The summed E-state index contributed by atoms with van der Waals surface area (Å²) in [6.07, 6.45) is 1.78. The lowest BCUT2D eigenvalue weighted by Gasteiger charge is -2.37. The standard InChI is InChI=1S/C31H34N2O2/c1-3-33(4-2)23-24-35-28-20-18-27(19-21-28)31(34,26-15-9-6-10-16-26)30(25-13-7-5-8-14-25)29-17-11-12-22-32-29/h5-22,30,34H,3-4,23-24H2,1-2H3/t30-,31-/m1/s1. The van der Waals surface area contributed by atoms with E-state index in [0.29, 0.717) is 6.61 Å². The molecule has 35 heavy (non-hydrogen) atoms. The number of hydrogen-bond donors (Lipinski definition) is 1. The van der Waals surface area contributed by atoms with Gasteiger partial charge < -0.3 is 14.7 Å². The molecule has 1 heterocycles. The zero-order valence-corrected chi connectivity index (χ0v) is 20.5. The number of pyridine rings is 1. The first-order chi connectivity index (χ1) is 17.2. The molecule has 180 valence electrons. The third kappa shape index (κ3) is 5.61. The third-order valence-electron chi connectivity index (χ3n) is 6.61. The van der Waals surface area contributed by atoms with Gasteiger partial charge in [-0.05, 0) is 54.0 Å². The van der Waals surface area contributed by atoms with E-state index < -0.39 is 11.5 Å². The Kier molecular flexibility index (Phi) is 8.30. The van der Waals surface area contributed by atoms with E-state index in [-0.39, 0.29) is 0 Å². The van der Waals surface area contributed by atoms with Gasteiger partial charge in [-0.2, -0.15) is 0 Å². The molecule has 0 aliphatic rings. The molecule has 4 rings (SSSR count). The third-order valence-corrected chi connectivity index (χ3v) is 6.61. The van der Waals surface area contributed by atoms with E-state index in [4.69, 9.17) is 4.74 Å². The second-order valence-corrected chi connectivity index (χ2v) is 8.63. The van der Waals surface area contributed by atoms with Gasteiger partial charge in [-0.15, -0.1) is 0 Å². The van der Waals surface area contributed by atoms with Crippen LogP contribution in [0.2, 0.25) is 0 Å². The first-order valence-corrected chi connectivity index (χ1v) is 12.4. The van der Waals surface area contributed by atoms with Gasteiger partial charge in [-0.25, -0.2) is 0 Å². The topological polar surface area (TPSA) is 45.6 Å². The lowest BCUT2D eigenvalue weighted by atomic mass is 9.71. The summed E-state index contributed by atoms with van der Waals surface area (Å²) < 4.78 is 6.01. The number of hydrogen-bond acceptors (Lipinski definition) is 4. The zero-order chi connectivity index (χ0) is 24.5. The summed E-state index contributed by atoms with van der Waals surface area (Å²) in [7, 11) is 0. The highest BCUT2D eigenvalue weighted by atomic mass is 16.5. The molecule has 0 fully saturated rings. The van der Waals surface area contributed by atoms with Crippen LogP contribution >= 0.6 is 0 Å². The summed E-state index contributed by atoms with van der Waals surface area (Å²) in [6, 6.07) is 33.7. The molecule has 4 aromatic rings. The molecule has 0 spiro atoms. The van der Waals surface area contributed by atoms with E-state index in [9.17, 15) is 5.11 Å². The molecule has 4 heteroatoms. The second kappa shape index (κ2) is 11.8. The van der Waals surface area contributed by atoms with Crippen molar-refractivity contribution >= 4 is 0 Å². The lowest BCUT2D eigenvalue weighted by molar-refractivity contribution is 0.0611. The van der Waals surface area contributed by atoms with Crippen molar-refractivity contribution < 1.29 is 9.84 Å². The SMILES string of the molecule is CCN(CC)CCOc1ccc([C@](O)(c2ccccc2)[C@H](c2ccccc2)c2ccccn2)cc1. The molecule has 1 N–H and O–H groups in total. The summed E-state index contributed by atoms with van der Waals surface area (Å²) >= 11 is 0. The molecule has 0 aliphatic heterocycles. The van der Waals surface area contributed by atoms with Crippen LogP contribution < -0.4 is 4.74 Å². The summed E-state index contributed by atoms with van der Waals surface area (Å²) in [6.45, 7) is 7.86. The molecule has 0 saturated carbocycles. The summed E-state index contributed by atoms with van der Waals surface area (Å²) in [5.74, 6) is 0.396. The van der Waals surface area contributed by atoms with Gasteiger partial charge in [-0.1, -0.05) is 92.7 Å². The smallest absolute Gasteiger partial charge is 0.127 e. The fraction of sp³-hybridized carbons (Fsp3) is 0.258. The lowest BCUT2D eigenvalue weighted by Crippen LogP contribution is -2.36. The molecule has 0 aliphatic carbocycles. The molecule has 0 unspecified atom stereocenters. The maximum absolute atomic E-state index is 12.6. The van der Waals surface area contributed by atoms with E-state index in [2.05, 4.69) is 35.9 Å². The maximum Gasteiger partial charge on any atom is 0.127 e. The van der Waals surface area contributed by atoms with E-state index in [1.165, 1.54) is 0 Å². The summed E-state index contributed by atoms with van der Waals surface area (Å²) in [5, 5.41) is 12.6. The number of nitrogens with zero attached hydrogens (tertiary/aromatic N) is 2. The Morgan fingerprint density at radius 1 is 0.771 bits per heavy atom. The van der Waals surface area contributed by atoms with Crippen LogP contribution in [0, 0.1) is 0 Å². The largest absolute Gasteiger partial charge is 0.492 e. The fourth-order valence-corrected chi connectivity index (χ4v) is 4.65. The Labute approximate surface area is 208 Å². The van der Waals surface area contributed by atoms with E-state index in [1.807, 2.05) is 91.0 Å². The highest BCUT2D eigenvalue weighted by Gasteiger charge is 2.42.